The number of hydrogen-bond acceptors (Lipinski definition) is 2. The highest BCUT2D eigenvalue weighted by atomic mass is 32.1. The van der Waals surface area contributed by atoms with Gasteiger partial charge in [-0.3, -0.25) is 5.43 Å². The number of hydrogen-bond donors (Lipinski definition) is 2. The zero-order valence-electron chi connectivity index (χ0n) is 10.1. The normalized spacial score (nSPS) is 9.83. The van der Waals surface area contributed by atoms with E-state index in [1.165, 1.54) is 5.56 Å². The number of aryl methyl sites for hydroxylation is 1. The third-order valence-electron chi connectivity index (χ3n) is 2.49. The van der Waals surface area contributed by atoms with Crippen molar-refractivity contribution >= 4 is 28.7 Å². The molecule has 0 aliphatic carbocycles. The van der Waals surface area contributed by atoms with E-state index in [1.807, 2.05) is 61.5 Å². The molecule has 3 N–H and O–H groups in total. The molecule has 3 nitrogen and oxygen atoms in total. The number of hydrazine groups is 1. The maximum absolute atomic E-state index is 5.75. The van der Waals surface area contributed by atoms with E-state index in [0.29, 0.717) is 0 Å². The average molecular weight is 257 g/mol. The number of anilines is 2. The first-order chi connectivity index (χ1) is 8.66. The largest absolute Gasteiger partial charge is 0.374 e. The van der Waals surface area contributed by atoms with E-state index < -0.39 is 0 Å². The maximum atomic E-state index is 5.75. The summed E-state index contributed by atoms with van der Waals surface area (Å²) in [6.45, 7) is 2.04. The Hall–Kier alpha value is -2.07. The van der Waals surface area contributed by atoms with Gasteiger partial charge in [0.1, 0.15) is 0 Å². The molecule has 2 aromatic rings. The molecular weight excluding hydrogens is 242 g/mol. The fourth-order valence-electron chi connectivity index (χ4n) is 1.67. The molecule has 0 amide bonds. The van der Waals surface area contributed by atoms with Gasteiger partial charge in [-0.05, 0) is 49.0 Å². The number of para-hydroxylation sites is 1. The second kappa shape index (κ2) is 5.51. The lowest BCUT2D eigenvalue weighted by Crippen LogP contribution is -2.40. The first kappa shape index (κ1) is 12.4. The van der Waals surface area contributed by atoms with E-state index in [2.05, 4.69) is 5.43 Å². The highest BCUT2D eigenvalue weighted by molar-refractivity contribution is 7.80. The summed E-state index contributed by atoms with van der Waals surface area (Å²) in [6.07, 6.45) is 0. The molecular formula is C14H15N3S. The van der Waals surface area contributed by atoms with Crippen molar-refractivity contribution < 1.29 is 0 Å². The lowest BCUT2D eigenvalue weighted by Gasteiger charge is -2.24. The summed E-state index contributed by atoms with van der Waals surface area (Å²) >= 11 is 5.07. The molecule has 92 valence electrons. The molecule has 0 fully saturated rings. The number of benzene rings is 2. The minimum atomic E-state index is 0.280. The van der Waals surface area contributed by atoms with Crippen molar-refractivity contribution in [1.82, 2.24) is 0 Å². The van der Waals surface area contributed by atoms with E-state index in [-0.39, 0.29) is 5.11 Å². The van der Waals surface area contributed by atoms with E-state index in [1.54, 1.807) is 5.01 Å². The number of nitrogens with zero attached hydrogens (tertiary/aromatic N) is 1. The van der Waals surface area contributed by atoms with Gasteiger partial charge < -0.3 is 5.73 Å². The van der Waals surface area contributed by atoms with Gasteiger partial charge in [0.15, 0.2) is 5.11 Å². The first-order valence-electron chi connectivity index (χ1n) is 5.65. The molecule has 0 aliphatic heterocycles. The van der Waals surface area contributed by atoms with Crippen molar-refractivity contribution in [3.63, 3.8) is 0 Å². The number of nitrogens with one attached hydrogen (secondary N) is 1. The van der Waals surface area contributed by atoms with Gasteiger partial charge in [0.25, 0.3) is 0 Å². The van der Waals surface area contributed by atoms with Crippen LogP contribution in [-0.4, -0.2) is 5.11 Å². The zero-order valence-corrected chi connectivity index (χ0v) is 10.9. The van der Waals surface area contributed by atoms with Gasteiger partial charge in [0.05, 0.1) is 11.4 Å². The van der Waals surface area contributed by atoms with Crippen molar-refractivity contribution in [3.8, 4) is 0 Å². The number of thiocarbonyl (C=S) groups is 1. The van der Waals surface area contributed by atoms with Crippen LogP contribution in [0.2, 0.25) is 0 Å². The Morgan fingerprint density at radius 2 is 1.83 bits per heavy atom. The summed E-state index contributed by atoms with van der Waals surface area (Å²) in [4.78, 5) is 0. The molecule has 0 bridgehead atoms. The van der Waals surface area contributed by atoms with Crippen LogP contribution in [0.5, 0.6) is 0 Å². The van der Waals surface area contributed by atoms with Crippen LogP contribution in [0, 0.1) is 6.92 Å². The van der Waals surface area contributed by atoms with Crippen molar-refractivity contribution in [3.05, 3.63) is 60.2 Å². The van der Waals surface area contributed by atoms with Crippen molar-refractivity contribution in [2.75, 3.05) is 10.4 Å². The van der Waals surface area contributed by atoms with Gasteiger partial charge in [0.2, 0.25) is 0 Å². The van der Waals surface area contributed by atoms with Crippen LogP contribution >= 0.6 is 12.2 Å². The van der Waals surface area contributed by atoms with Crippen molar-refractivity contribution in [2.45, 2.75) is 6.92 Å². The van der Waals surface area contributed by atoms with E-state index in [4.69, 9.17) is 18.0 Å². The van der Waals surface area contributed by atoms with Gasteiger partial charge in [0, 0.05) is 0 Å². The fourth-order valence-corrected chi connectivity index (χ4v) is 1.82. The highest BCUT2D eigenvalue weighted by Crippen LogP contribution is 2.16. The van der Waals surface area contributed by atoms with Crippen molar-refractivity contribution in [1.29, 1.82) is 0 Å². The average Bonchev–Trinajstić information content (AvgIpc) is 2.37. The van der Waals surface area contributed by atoms with Crippen LogP contribution in [0.4, 0.5) is 11.4 Å². The van der Waals surface area contributed by atoms with Crippen LogP contribution in [0.3, 0.4) is 0 Å². The first-order valence-corrected chi connectivity index (χ1v) is 6.05. The van der Waals surface area contributed by atoms with Gasteiger partial charge in [-0.2, -0.15) is 0 Å². The monoisotopic (exact) mass is 257 g/mol. The maximum Gasteiger partial charge on any atom is 0.190 e. The molecule has 0 aliphatic rings. The van der Waals surface area contributed by atoms with E-state index >= 15 is 0 Å². The Balaban J connectivity index is 2.25. The summed E-state index contributed by atoms with van der Waals surface area (Å²) < 4.78 is 0. The zero-order chi connectivity index (χ0) is 13.0. The standard InChI is InChI=1S/C14H15N3S/c1-11-6-5-7-12(10-11)16-17(14(15)18)13-8-3-2-4-9-13/h2-10,16H,1H3,(H2,15,18). The van der Waals surface area contributed by atoms with Gasteiger partial charge in [-0.25, -0.2) is 5.01 Å². The summed E-state index contributed by atoms with van der Waals surface area (Å²) in [5.41, 5.74) is 12.0. The molecule has 0 aromatic heterocycles. The molecule has 0 unspecified atom stereocenters. The van der Waals surface area contributed by atoms with Crippen molar-refractivity contribution in [2.24, 2.45) is 5.73 Å². The van der Waals surface area contributed by atoms with Gasteiger partial charge >= 0.3 is 0 Å². The highest BCUT2D eigenvalue weighted by Gasteiger charge is 2.08. The van der Waals surface area contributed by atoms with Gasteiger partial charge in [-0.15, -0.1) is 0 Å². The second-order valence-electron chi connectivity index (χ2n) is 3.99. The molecule has 0 spiro atoms. The SMILES string of the molecule is Cc1cccc(NN(C(N)=S)c2ccccc2)c1. The van der Waals surface area contributed by atoms with Crippen LogP contribution in [0.25, 0.3) is 0 Å². The fraction of sp³-hybridized carbons (Fsp3) is 0.0714. The molecule has 0 atom stereocenters. The Labute approximate surface area is 112 Å². The summed E-state index contributed by atoms with van der Waals surface area (Å²) in [7, 11) is 0. The Morgan fingerprint density at radius 3 is 2.44 bits per heavy atom. The molecule has 0 saturated heterocycles. The molecule has 2 rings (SSSR count). The second-order valence-corrected chi connectivity index (χ2v) is 4.41. The molecule has 2 aromatic carbocycles. The van der Waals surface area contributed by atoms with Crippen LogP contribution in [-0.2, 0) is 0 Å². The lowest BCUT2D eigenvalue weighted by atomic mass is 10.2. The summed E-state index contributed by atoms with van der Waals surface area (Å²) in [6, 6.07) is 17.8. The lowest BCUT2D eigenvalue weighted by molar-refractivity contribution is 1.21. The van der Waals surface area contributed by atoms with E-state index in [0.717, 1.165) is 11.4 Å². The summed E-state index contributed by atoms with van der Waals surface area (Å²) in [5.74, 6) is 0. The molecule has 0 radical (unpaired) electrons. The third-order valence-corrected chi connectivity index (χ3v) is 2.68. The smallest absolute Gasteiger partial charge is 0.190 e. The van der Waals surface area contributed by atoms with Crippen LogP contribution in [0.15, 0.2) is 54.6 Å². The summed E-state index contributed by atoms with van der Waals surface area (Å²) in [5, 5.41) is 1.96. The van der Waals surface area contributed by atoms with Gasteiger partial charge in [-0.1, -0.05) is 30.3 Å². The Bertz CT molecular complexity index is 540. The topological polar surface area (TPSA) is 41.3 Å². The minimum absolute atomic E-state index is 0.280. The molecule has 4 heteroatoms. The molecule has 0 saturated carbocycles. The van der Waals surface area contributed by atoms with E-state index in [9.17, 15) is 0 Å². The Morgan fingerprint density at radius 1 is 1.11 bits per heavy atom. The number of nitrogens with two attached hydrogens (primary N) is 1. The molecule has 18 heavy (non-hydrogen) atoms. The quantitative estimate of drug-likeness (QED) is 0.655. The predicted octanol–water partition coefficient (Wildman–Crippen LogP) is 3.07. The minimum Gasteiger partial charge on any atom is -0.374 e. The van der Waals surface area contributed by atoms with Crippen LogP contribution in [0.1, 0.15) is 5.56 Å². The Kier molecular flexibility index (Phi) is 3.79. The predicted molar refractivity (Wildman–Crippen MR) is 80.5 cm³/mol. The third kappa shape index (κ3) is 2.99. The van der Waals surface area contributed by atoms with Crippen LogP contribution < -0.4 is 16.2 Å². The molecule has 0 heterocycles. The number of rotatable bonds is 3.